The van der Waals surface area contributed by atoms with Crippen molar-refractivity contribution >= 4 is 17.4 Å². The number of rotatable bonds is 6. The first-order valence-corrected chi connectivity index (χ1v) is 9.07. The van der Waals surface area contributed by atoms with E-state index in [1.165, 1.54) is 5.69 Å². The fourth-order valence-electron chi connectivity index (χ4n) is 3.06. The smallest absolute Gasteiger partial charge is 0.254 e. The number of aromatic nitrogens is 1. The molecule has 0 saturated carbocycles. The molecule has 1 amide bonds. The Hall–Kier alpha value is -2.60. The van der Waals surface area contributed by atoms with Crippen molar-refractivity contribution in [2.45, 2.75) is 0 Å². The first-order chi connectivity index (χ1) is 12.6. The van der Waals surface area contributed by atoms with Gasteiger partial charge in [-0.3, -0.25) is 4.79 Å². The van der Waals surface area contributed by atoms with Gasteiger partial charge in [0.1, 0.15) is 5.82 Å². The van der Waals surface area contributed by atoms with Crippen LogP contribution in [0.2, 0.25) is 0 Å². The van der Waals surface area contributed by atoms with Gasteiger partial charge in [0.2, 0.25) is 0 Å². The molecule has 2 heterocycles. The fraction of sp³-hybridized carbons (Fsp3) is 0.400. The molecule has 1 aromatic carbocycles. The number of nitrogens with zero attached hydrogens (tertiary/aromatic N) is 4. The minimum Gasteiger partial charge on any atom is -0.369 e. The number of nitrogens with one attached hydrogen (secondary N) is 1. The minimum atomic E-state index is 0.0794. The van der Waals surface area contributed by atoms with Crippen molar-refractivity contribution in [2.24, 2.45) is 0 Å². The second kappa shape index (κ2) is 8.67. The average Bonchev–Trinajstić information content (AvgIpc) is 2.68. The number of para-hydroxylation sites is 1. The van der Waals surface area contributed by atoms with Crippen LogP contribution in [0.1, 0.15) is 10.4 Å². The fourth-order valence-corrected chi connectivity index (χ4v) is 3.06. The van der Waals surface area contributed by atoms with Crippen LogP contribution in [0.15, 0.2) is 48.7 Å². The lowest BCUT2D eigenvalue weighted by Gasteiger charge is -2.36. The molecule has 1 aliphatic rings. The Morgan fingerprint density at radius 1 is 1.12 bits per heavy atom. The molecule has 0 aliphatic carbocycles. The molecule has 0 unspecified atom stereocenters. The van der Waals surface area contributed by atoms with Crippen LogP contribution in [-0.4, -0.2) is 74.1 Å². The van der Waals surface area contributed by atoms with Gasteiger partial charge in [0, 0.05) is 56.7 Å². The predicted octanol–water partition coefficient (Wildman–Crippen LogP) is 2.02. The highest BCUT2D eigenvalue weighted by molar-refractivity contribution is 5.95. The Morgan fingerprint density at radius 2 is 1.85 bits per heavy atom. The van der Waals surface area contributed by atoms with Crippen molar-refractivity contribution in [1.29, 1.82) is 0 Å². The molecule has 1 aliphatic heterocycles. The van der Waals surface area contributed by atoms with Crippen molar-refractivity contribution in [3.05, 3.63) is 54.2 Å². The number of hydrogen-bond acceptors (Lipinski definition) is 5. The summed E-state index contributed by atoms with van der Waals surface area (Å²) in [4.78, 5) is 23.5. The number of likely N-dealkylation sites (N-methyl/N-ethyl adjacent to an activating group) is 1. The molecule has 6 heteroatoms. The maximum absolute atomic E-state index is 12.8. The number of benzene rings is 1. The lowest BCUT2D eigenvalue weighted by molar-refractivity contribution is 0.0746. The molecule has 1 saturated heterocycles. The van der Waals surface area contributed by atoms with Gasteiger partial charge in [-0.05, 0) is 38.4 Å². The molecule has 2 aromatic rings. The van der Waals surface area contributed by atoms with Crippen molar-refractivity contribution in [1.82, 2.24) is 14.8 Å². The third-order valence-corrected chi connectivity index (χ3v) is 4.56. The largest absolute Gasteiger partial charge is 0.369 e. The summed E-state index contributed by atoms with van der Waals surface area (Å²) < 4.78 is 0. The van der Waals surface area contributed by atoms with E-state index in [1.54, 1.807) is 12.3 Å². The molecule has 1 aromatic heterocycles. The van der Waals surface area contributed by atoms with Gasteiger partial charge in [0.15, 0.2) is 0 Å². The van der Waals surface area contributed by atoms with E-state index in [0.29, 0.717) is 5.56 Å². The van der Waals surface area contributed by atoms with Gasteiger partial charge >= 0.3 is 0 Å². The number of amides is 1. The molecular weight excluding hydrogens is 326 g/mol. The normalized spacial score (nSPS) is 14.6. The van der Waals surface area contributed by atoms with E-state index in [-0.39, 0.29) is 5.91 Å². The topological polar surface area (TPSA) is 51.7 Å². The van der Waals surface area contributed by atoms with Crippen LogP contribution in [0.25, 0.3) is 0 Å². The monoisotopic (exact) mass is 353 g/mol. The van der Waals surface area contributed by atoms with Crippen molar-refractivity contribution in [3.8, 4) is 0 Å². The van der Waals surface area contributed by atoms with Gasteiger partial charge in [0.05, 0.1) is 0 Å². The number of hydrogen-bond donors (Lipinski definition) is 1. The third kappa shape index (κ3) is 4.73. The second-order valence-corrected chi connectivity index (χ2v) is 6.77. The Balaban J connectivity index is 1.56. The summed E-state index contributed by atoms with van der Waals surface area (Å²) >= 11 is 0. The molecule has 1 fully saturated rings. The highest BCUT2D eigenvalue weighted by Gasteiger charge is 2.22. The molecule has 0 spiro atoms. The maximum atomic E-state index is 12.8. The maximum Gasteiger partial charge on any atom is 0.254 e. The lowest BCUT2D eigenvalue weighted by atomic mass is 10.2. The Labute approximate surface area is 155 Å². The van der Waals surface area contributed by atoms with Crippen LogP contribution in [0.4, 0.5) is 11.5 Å². The molecule has 26 heavy (non-hydrogen) atoms. The number of carbonyl (C=O) groups is 1. The summed E-state index contributed by atoms with van der Waals surface area (Å²) in [5.41, 5.74) is 1.91. The third-order valence-electron chi connectivity index (χ3n) is 4.56. The van der Waals surface area contributed by atoms with E-state index in [2.05, 4.69) is 44.4 Å². The van der Waals surface area contributed by atoms with Crippen molar-refractivity contribution in [2.75, 3.05) is 63.6 Å². The molecular formula is C20H27N5O. The zero-order chi connectivity index (χ0) is 18.4. The Kier molecular flexibility index (Phi) is 6.07. The molecule has 0 radical (unpaired) electrons. The van der Waals surface area contributed by atoms with E-state index in [1.807, 2.05) is 31.1 Å². The summed E-state index contributed by atoms with van der Waals surface area (Å²) in [7, 11) is 4.06. The summed E-state index contributed by atoms with van der Waals surface area (Å²) in [6, 6.07) is 14.0. The van der Waals surface area contributed by atoms with E-state index in [9.17, 15) is 4.79 Å². The van der Waals surface area contributed by atoms with Crippen LogP contribution >= 0.6 is 0 Å². The Morgan fingerprint density at radius 3 is 2.54 bits per heavy atom. The molecule has 6 nitrogen and oxygen atoms in total. The van der Waals surface area contributed by atoms with Crippen molar-refractivity contribution < 1.29 is 4.79 Å². The number of anilines is 2. The van der Waals surface area contributed by atoms with Gasteiger partial charge in [-0.1, -0.05) is 18.2 Å². The van der Waals surface area contributed by atoms with E-state index in [0.717, 1.165) is 45.1 Å². The second-order valence-electron chi connectivity index (χ2n) is 6.77. The van der Waals surface area contributed by atoms with Gasteiger partial charge in [-0.15, -0.1) is 0 Å². The first-order valence-electron chi connectivity index (χ1n) is 9.07. The highest BCUT2D eigenvalue weighted by Crippen LogP contribution is 2.17. The number of piperazine rings is 1. The standard InChI is InChI=1S/C20H27N5O/c1-23(2)11-10-22-19-16-17(8-9-21-19)20(26)25-14-12-24(13-15-25)18-6-4-3-5-7-18/h3-9,16H,10-15H2,1-2H3,(H,21,22). The summed E-state index contributed by atoms with van der Waals surface area (Å²) in [5, 5.41) is 3.27. The van der Waals surface area contributed by atoms with Crippen LogP contribution in [-0.2, 0) is 0 Å². The van der Waals surface area contributed by atoms with Crippen LogP contribution in [0.3, 0.4) is 0 Å². The molecule has 1 N–H and O–H groups in total. The molecule has 138 valence electrons. The minimum absolute atomic E-state index is 0.0794. The van der Waals surface area contributed by atoms with Crippen LogP contribution in [0, 0.1) is 0 Å². The van der Waals surface area contributed by atoms with Gasteiger partial charge < -0.3 is 20.0 Å². The number of pyridine rings is 1. The highest BCUT2D eigenvalue weighted by atomic mass is 16.2. The van der Waals surface area contributed by atoms with Gasteiger partial charge in [0.25, 0.3) is 5.91 Å². The first kappa shape index (κ1) is 18.2. The number of carbonyl (C=O) groups excluding carboxylic acids is 1. The summed E-state index contributed by atoms with van der Waals surface area (Å²) in [6.45, 7) is 4.90. The molecule has 0 bridgehead atoms. The molecule has 3 rings (SSSR count). The van der Waals surface area contributed by atoms with E-state index >= 15 is 0 Å². The van der Waals surface area contributed by atoms with E-state index in [4.69, 9.17) is 0 Å². The van der Waals surface area contributed by atoms with Crippen LogP contribution < -0.4 is 10.2 Å². The quantitative estimate of drug-likeness (QED) is 0.861. The molecule has 0 atom stereocenters. The van der Waals surface area contributed by atoms with Gasteiger partial charge in [-0.25, -0.2) is 4.98 Å². The average molecular weight is 353 g/mol. The zero-order valence-electron chi connectivity index (χ0n) is 15.6. The SMILES string of the molecule is CN(C)CCNc1cc(C(=O)N2CCN(c3ccccc3)CC2)ccn1. The van der Waals surface area contributed by atoms with E-state index < -0.39 is 0 Å². The van der Waals surface area contributed by atoms with Gasteiger partial charge in [-0.2, -0.15) is 0 Å². The Bertz CT molecular complexity index is 711. The van der Waals surface area contributed by atoms with Crippen LogP contribution in [0.5, 0.6) is 0 Å². The summed E-state index contributed by atoms with van der Waals surface area (Å²) in [5.74, 6) is 0.830. The predicted molar refractivity (Wildman–Crippen MR) is 106 cm³/mol. The lowest BCUT2D eigenvalue weighted by Crippen LogP contribution is -2.48. The van der Waals surface area contributed by atoms with Crippen molar-refractivity contribution in [3.63, 3.8) is 0 Å². The summed E-state index contributed by atoms with van der Waals surface area (Å²) in [6.07, 6.45) is 1.70. The zero-order valence-corrected chi connectivity index (χ0v) is 15.6.